The van der Waals surface area contributed by atoms with Gasteiger partial charge in [-0.2, -0.15) is 0 Å². The van der Waals surface area contributed by atoms with Gasteiger partial charge in [0, 0.05) is 5.57 Å². The minimum Gasteiger partial charge on any atom is -0.462 e. The van der Waals surface area contributed by atoms with Gasteiger partial charge in [-0.3, -0.25) is 9.59 Å². The van der Waals surface area contributed by atoms with E-state index in [9.17, 15) is 9.59 Å². The van der Waals surface area contributed by atoms with Crippen molar-refractivity contribution in [3.05, 3.63) is 34.9 Å². The number of Topliss-reactive ketones (excluding diaryl/α,β-unsaturated/α-hetero) is 1. The van der Waals surface area contributed by atoms with Gasteiger partial charge >= 0.3 is 0 Å². The summed E-state index contributed by atoms with van der Waals surface area (Å²) in [7, 11) is -2.32. The van der Waals surface area contributed by atoms with Crippen molar-refractivity contribution in [1.82, 2.24) is 5.32 Å². The van der Waals surface area contributed by atoms with Crippen LogP contribution in [0.3, 0.4) is 0 Å². The van der Waals surface area contributed by atoms with Crippen molar-refractivity contribution >= 4 is 57.4 Å². The van der Waals surface area contributed by atoms with E-state index in [1.807, 2.05) is 0 Å². The average Bonchev–Trinajstić information content (AvgIpc) is 3.67. The molecule has 0 aromatic heterocycles. The maximum Gasteiger partial charge on any atom is 0.247 e. The van der Waals surface area contributed by atoms with Crippen molar-refractivity contribution in [1.29, 1.82) is 9.64 Å². The Balaban J connectivity index is 1.47. The van der Waals surface area contributed by atoms with Gasteiger partial charge in [0.15, 0.2) is 5.78 Å². The fraction of sp³-hybridized carbons (Fsp3) is 0.615. The van der Waals surface area contributed by atoms with E-state index in [0.29, 0.717) is 16.9 Å². The monoisotopic (exact) mass is 637 g/mol. The molecular formula is C26H37B2NO11S2. The zero-order valence-electron chi connectivity index (χ0n) is 30.2. The molecule has 1 unspecified atom stereocenters. The maximum absolute atomic E-state index is 13.5. The molecule has 1 saturated carbocycles. The number of ketones is 1. The average molecular weight is 637 g/mol. The third-order valence-corrected chi connectivity index (χ3v) is 8.06. The van der Waals surface area contributed by atoms with Crippen LogP contribution in [0.25, 0.3) is 6.08 Å². The van der Waals surface area contributed by atoms with Crippen molar-refractivity contribution in [3.8, 4) is 5.75 Å². The number of aliphatic hydroxyl groups is 3. The van der Waals surface area contributed by atoms with Crippen molar-refractivity contribution in [2.75, 3.05) is 18.1 Å². The Labute approximate surface area is 265 Å². The van der Waals surface area contributed by atoms with E-state index in [0.717, 1.165) is 24.1 Å². The normalized spacial score (nSPS) is 36.7. The second kappa shape index (κ2) is 14.9. The van der Waals surface area contributed by atoms with Crippen molar-refractivity contribution < 1.29 is 52.2 Å². The number of aliphatic hydroxyl groups excluding tert-OH is 3. The summed E-state index contributed by atoms with van der Waals surface area (Å²) >= 11 is 1.66. The quantitative estimate of drug-likeness (QED) is 0.0904. The first-order valence-electron chi connectivity index (χ1n) is 16.7. The van der Waals surface area contributed by atoms with Gasteiger partial charge in [-0.1, -0.05) is 6.07 Å². The Hall–Kier alpha value is -1.59. The molecule has 4 N–H and O–H groups in total. The first kappa shape index (κ1) is 24.7. The molecule has 3 fully saturated rings. The first-order chi connectivity index (χ1) is 23.4. The molecule has 3 aliphatic rings. The number of nitrogens with one attached hydrogen (secondary N) is 1. The molecule has 4 rings (SSSR count). The molecule has 1 amide bonds. The summed E-state index contributed by atoms with van der Waals surface area (Å²) < 4.78 is 86.8. The molecule has 2 heterocycles. The van der Waals surface area contributed by atoms with Crippen LogP contribution in [0.1, 0.15) is 25.0 Å². The predicted octanol–water partition coefficient (Wildman–Crippen LogP) is -1.34. The third kappa shape index (κ3) is 7.37. The summed E-state index contributed by atoms with van der Waals surface area (Å²) in [5.74, 6) is -0.559. The maximum atomic E-state index is 13.5. The van der Waals surface area contributed by atoms with E-state index in [2.05, 4.69) is 5.32 Å². The Morgan fingerprint density at radius 3 is 2.52 bits per heavy atom. The predicted molar refractivity (Wildman–Crippen MR) is 161 cm³/mol. The third-order valence-electron chi connectivity index (χ3n) is 7.07. The topological polar surface area (TPSA) is 162 Å². The first-order valence-corrected chi connectivity index (χ1v) is 15.0. The minimum atomic E-state index is -1.18. The van der Waals surface area contributed by atoms with E-state index in [1.165, 1.54) is 6.92 Å². The number of aryl methyl sites for hydroxylation is 1. The second-order valence-corrected chi connectivity index (χ2v) is 11.5. The lowest BCUT2D eigenvalue weighted by Crippen LogP contribution is -2.67. The number of amides is 1. The number of ether oxygens (including phenoxy) is 4. The molecule has 10 atom stereocenters. The Morgan fingerprint density at radius 1 is 1.14 bits per heavy atom. The van der Waals surface area contributed by atoms with Crippen LogP contribution in [0.15, 0.2) is 23.8 Å². The molecule has 230 valence electrons. The van der Waals surface area contributed by atoms with E-state index in [-0.39, 0.29) is 29.5 Å². The molecule has 2 aliphatic heterocycles. The molecule has 16 heteroatoms. The number of carbonyl (C=O) groups excluding carboxylic acids is 2. The lowest BCUT2D eigenvalue weighted by Gasteiger charge is -2.43. The highest BCUT2D eigenvalue weighted by molar-refractivity contribution is 7.95. The number of fused-ring (bicyclic) bond motifs is 1. The molecule has 42 heavy (non-hydrogen) atoms. The Bertz CT molecular complexity index is 1320. The van der Waals surface area contributed by atoms with Gasteiger partial charge in [0.2, 0.25) is 16.5 Å². The largest absolute Gasteiger partial charge is 0.462 e. The second-order valence-electron chi connectivity index (χ2n) is 9.97. The van der Waals surface area contributed by atoms with Crippen LogP contribution in [0, 0.1) is 6.92 Å². The van der Waals surface area contributed by atoms with Crippen molar-refractivity contribution in [2.45, 2.75) is 81.9 Å². The molecule has 2 saturated heterocycles. The molecular weight excluding hydrogens is 588 g/mol. The van der Waals surface area contributed by atoms with Crippen molar-refractivity contribution in [3.63, 3.8) is 0 Å². The van der Waals surface area contributed by atoms with Gasteiger partial charge in [-0.15, -0.1) is 0 Å². The van der Waals surface area contributed by atoms with E-state index < -0.39 is 82.6 Å². The van der Waals surface area contributed by atoms with Crippen LogP contribution in [0.4, 0.5) is 0 Å². The van der Waals surface area contributed by atoms with Gasteiger partial charge in [-0.25, -0.2) is 0 Å². The van der Waals surface area contributed by atoms with E-state index in [1.54, 1.807) is 38.1 Å². The Kier molecular flexibility index (Phi) is 8.78. The van der Waals surface area contributed by atoms with Crippen LogP contribution >= 0.6 is 24.1 Å². The number of rotatable bonds is 17. The smallest absolute Gasteiger partial charge is 0.247 e. The lowest BCUT2D eigenvalue weighted by molar-refractivity contribution is -0.147. The summed E-state index contributed by atoms with van der Waals surface area (Å²) in [5, 5.41) is 17.4. The highest BCUT2D eigenvalue weighted by Crippen LogP contribution is 2.34. The molecule has 1 aromatic rings. The molecule has 0 bridgehead atoms. The summed E-state index contributed by atoms with van der Waals surface area (Å²) in [6, 6.07) is 4.01. The SMILES string of the molecule is [2H]B([3H])CSO[C@H]1[C@H](O[3H])[C@H](Oc2ccc(/C=C(\C)C(=O)NC3[C@@H](OSCB([2H])[3H])[C@@H]4OCO[C@@H]4[C@H](O[3H])[C@H]3O[3H])cc2C)O[C@@H]1C(C)=O. The fourth-order valence-corrected chi connectivity index (χ4v) is 5.91. The molecule has 0 spiro atoms. The molecule has 1 aliphatic carbocycles. The highest BCUT2D eigenvalue weighted by atomic mass is 32.2. The van der Waals surface area contributed by atoms with E-state index >= 15 is 0 Å². The number of benzene rings is 1. The van der Waals surface area contributed by atoms with Crippen LogP contribution in [0.2, 0.25) is 0 Å². The molecule has 1 aromatic carbocycles. The zero-order chi connectivity index (χ0) is 35.8. The number of hydrogen-bond acceptors (Lipinski definition) is 13. The van der Waals surface area contributed by atoms with Gasteiger partial charge in [-0.05, 0) is 90.8 Å². The zero-order valence-corrected chi connectivity index (χ0v) is 24.8. The van der Waals surface area contributed by atoms with Crippen LogP contribution in [-0.2, 0) is 32.2 Å². The van der Waals surface area contributed by atoms with Gasteiger partial charge in [0.25, 0.3) is 0 Å². The van der Waals surface area contributed by atoms with Crippen LogP contribution < -0.4 is 10.1 Å². The highest BCUT2D eigenvalue weighted by Gasteiger charge is 2.55. The summed E-state index contributed by atoms with van der Waals surface area (Å²) in [6.07, 6.45) is -7.58. The standard InChI is InChI=1S/C26H37B2NO11S2/c1-11-6-14(4-5-15(11)37-26-19(33)23(40-42-9-28)20(38-26)13(3)30)7-12(2)25(34)29-16-17(31)18(32)22-24(36-10-35-22)21(16)39-41-8-27/h4-7,16-24,26,31-33H,8-10,27-28H2,1-3H3,(H,29,34)/b12-7+/t16?,17-,18+,19-,20+,21+,22+,23-,24-,26+/m0/s1/i27TD,28TD,31T,32T,33T. The minimum absolute atomic E-state index is 0.00633. The van der Waals surface area contributed by atoms with Crippen molar-refractivity contribution in [2.24, 2.45) is 0 Å². The Morgan fingerprint density at radius 2 is 1.86 bits per heavy atom. The summed E-state index contributed by atoms with van der Waals surface area (Å²) in [4.78, 5) is 25.7. The van der Waals surface area contributed by atoms with Gasteiger partial charge < -0.3 is 48.0 Å². The van der Waals surface area contributed by atoms with Crippen LogP contribution in [0.5, 0.6) is 5.75 Å². The summed E-state index contributed by atoms with van der Waals surface area (Å²) in [5.41, 5.74) is 1.53. The van der Waals surface area contributed by atoms with E-state index in [4.69, 9.17) is 52.3 Å². The van der Waals surface area contributed by atoms with Gasteiger partial charge in [0.05, 0.1) is 6.04 Å². The molecule has 0 radical (unpaired) electrons. The fourth-order valence-electron chi connectivity index (χ4n) is 5.00. The number of hydrogen-bond donors (Lipinski definition) is 4. The van der Waals surface area contributed by atoms with Crippen LogP contribution in [-0.4, -0.2) is 131 Å². The summed E-state index contributed by atoms with van der Waals surface area (Å²) in [6.45, 7) is 4.50. The molecule has 12 nitrogen and oxygen atoms in total. The lowest BCUT2D eigenvalue weighted by atomic mass is 9.83. The number of carbonyl (C=O) groups is 2. The van der Waals surface area contributed by atoms with Gasteiger partial charge in [0.1, 0.15) is 76.9 Å².